The highest BCUT2D eigenvalue weighted by Crippen LogP contribution is 2.31. The molecule has 136 valence electrons. The Balaban J connectivity index is 1.79. The molecule has 1 atom stereocenters. The fourth-order valence-corrected chi connectivity index (χ4v) is 3.24. The van der Waals surface area contributed by atoms with E-state index in [0.29, 0.717) is 5.69 Å². The van der Waals surface area contributed by atoms with Crippen LogP contribution in [-0.4, -0.2) is 30.5 Å². The van der Waals surface area contributed by atoms with Gasteiger partial charge in [0.2, 0.25) is 5.91 Å². The lowest BCUT2D eigenvalue weighted by Crippen LogP contribution is -2.44. The van der Waals surface area contributed by atoms with E-state index in [4.69, 9.17) is 4.74 Å². The number of non-ortho nitro benzene ring substituents is 1. The Labute approximate surface area is 151 Å². The molecular weight excluding hydrogens is 334 g/mol. The maximum atomic E-state index is 12.8. The van der Waals surface area contributed by atoms with E-state index in [0.717, 1.165) is 25.1 Å². The number of carbonyl (C=O) groups excluding carboxylic acids is 1. The summed E-state index contributed by atoms with van der Waals surface area (Å²) in [5.41, 5.74) is 2.65. The van der Waals surface area contributed by atoms with Gasteiger partial charge in [0.05, 0.1) is 23.8 Å². The number of para-hydroxylation sites is 1. The van der Waals surface area contributed by atoms with Gasteiger partial charge in [0, 0.05) is 18.3 Å². The zero-order valence-corrected chi connectivity index (χ0v) is 14.8. The molecule has 1 N–H and O–H groups in total. The Morgan fingerprint density at radius 3 is 2.81 bits per heavy atom. The fourth-order valence-electron chi connectivity index (χ4n) is 3.24. The van der Waals surface area contributed by atoms with Crippen molar-refractivity contribution in [3.05, 3.63) is 58.1 Å². The van der Waals surface area contributed by atoms with Gasteiger partial charge in [-0.3, -0.25) is 14.9 Å². The highest BCUT2D eigenvalue weighted by molar-refractivity contribution is 5.98. The highest BCUT2D eigenvalue weighted by Gasteiger charge is 2.26. The number of nitrogens with zero attached hydrogens (tertiary/aromatic N) is 2. The highest BCUT2D eigenvalue weighted by atomic mass is 16.6. The van der Waals surface area contributed by atoms with Crippen molar-refractivity contribution in [1.29, 1.82) is 0 Å². The van der Waals surface area contributed by atoms with E-state index in [1.807, 2.05) is 25.1 Å². The monoisotopic (exact) mass is 355 g/mol. The topological polar surface area (TPSA) is 84.7 Å². The van der Waals surface area contributed by atoms with Crippen LogP contribution in [0.3, 0.4) is 0 Å². The molecule has 1 aliphatic heterocycles. The van der Waals surface area contributed by atoms with Crippen molar-refractivity contribution in [3.8, 4) is 5.75 Å². The first-order chi connectivity index (χ1) is 12.5. The number of methoxy groups -OCH3 is 1. The summed E-state index contributed by atoms with van der Waals surface area (Å²) in [5, 5.41) is 13.7. The molecule has 2 aromatic rings. The number of aryl methyl sites for hydroxylation is 1. The molecule has 0 spiro atoms. The van der Waals surface area contributed by atoms with Crippen molar-refractivity contribution in [3.63, 3.8) is 0 Å². The maximum Gasteiger partial charge on any atom is 0.273 e. The van der Waals surface area contributed by atoms with Gasteiger partial charge in [0.15, 0.2) is 0 Å². The van der Waals surface area contributed by atoms with Gasteiger partial charge in [-0.25, -0.2) is 0 Å². The lowest BCUT2D eigenvalue weighted by atomic mass is 10.00. The summed E-state index contributed by atoms with van der Waals surface area (Å²) < 4.78 is 5.19. The second kappa shape index (κ2) is 7.43. The molecule has 0 fully saturated rings. The zero-order valence-electron chi connectivity index (χ0n) is 14.8. The van der Waals surface area contributed by atoms with Crippen LogP contribution < -0.4 is 15.0 Å². The smallest absolute Gasteiger partial charge is 0.273 e. The van der Waals surface area contributed by atoms with Crippen LogP contribution in [0.15, 0.2) is 42.5 Å². The van der Waals surface area contributed by atoms with Crippen LogP contribution in [-0.2, 0) is 11.2 Å². The number of nitro benzene ring substituents is 1. The van der Waals surface area contributed by atoms with Crippen LogP contribution in [0.2, 0.25) is 0 Å². The van der Waals surface area contributed by atoms with E-state index in [9.17, 15) is 14.9 Å². The molecule has 0 radical (unpaired) electrons. The molecule has 7 heteroatoms. The number of hydrogen-bond acceptors (Lipinski definition) is 5. The average molecular weight is 355 g/mol. The third-order valence-corrected chi connectivity index (χ3v) is 4.65. The first-order valence-electron chi connectivity index (χ1n) is 8.49. The Morgan fingerprint density at radius 1 is 1.31 bits per heavy atom. The first-order valence-corrected chi connectivity index (χ1v) is 8.49. The summed E-state index contributed by atoms with van der Waals surface area (Å²) in [4.78, 5) is 25.2. The van der Waals surface area contributed by atoms with Gasteiger partial charge in [-0.1, -0.05) is 18.2 Å². The van der Waals surface area contributed by atoms with Gasteiger partial charge in [0.25, 0.3) is 5.69 Å². The van der Waals surface area contributed by atoms with E-state index < -0.39 is 4.92 Å². The molecule has 0 aliphatic carbocycles. The zero-order chi connectivity index (χ0) is 18.7. The van der Waals surface area contributed by atoms with Gasteiger partial charge in [0.1, 0.15) is 11.8 Å². The molecule has 0 unspecified atom stereocenters. The van der Waals surface area contributed by atoms with Crippen LogP contribution in [0.25, 0.3) is 0 Å². The van der Waals surface area contributed by atoms with Gasteiger partial charge in [-0.05, 0) is 37.5 Å². The lowest BCUT2D eigenvalue weighted by Gasteiger charge is -2.35. The molecule has 26 heavy (non-hydrogen) atoms. The molecule has 1 heterocycles. The quantitative estimate of drug-likeness (QED) is 0.656. The second-order valence-electron chi connectivity index (χ2n) is 6.23. The predicted octanol–water partition coefficient (Wildman–Crippen LogP) is 3.38. The molecule has 0 aromatic heterocycles. The summed E-state index contributed by atoms with van der Waals surface area (Å²) in [6.45, 7) is 2.66. The van der Waals surface area contributed by atoms with Crippen LogP contribution in [0.1, 0.15) is 18.9 Å². The van der Waals surface area contributed by atoms with E-state index in [1.165, 1.54) is 30.9 Å². The number of nitro groups is 1. The van der Waals surface area contributed by atoms with Gasteiger partial charge in [-0.2, -0.15) is 0 Å². The van der Waals surface area contributed by atoms with E-state index in [-0.39, 0.29) is 23.4 Å². The third kappa shape index (κ3) is 3.46. The molecule has 1 amide bonds. The second-order valence-corrected chi connectivity index (χ2v) is 6.23. The SMILES string of the molecule is COc1cc([N+](=O)[O-])ccc1NC(=O)[C@@H](C)N1CCCc2ccccc21. The van der Waals surface area contributed by atoms with E-state index in [1.54, 1.807) is 0 Å². The third-order valence-electron chi connectivity index (χ3n) is 4.65. The number of benzene rings is 2. The summed E-state index contributed by atoms with van der Waals surface area (Å²) in [6.07, 6.45) is 2.01. The largest absolute Gasteiger partial charge is 0.494 e. The molecular formula is C19H21N3O4. The minimum atomic E-state index is -0.499. The number of nitrogens with one attached hydrogen (secondary N) is 1. The molecule has 0 saturated heterocycles. The van der Waals surface area contributed by atoms with Crippen molar-refractivity contribution in [2.75, 3.05) is 23.9 Å². The first kappa shape index (κ1) is 17.7. The fraction of sp³-hybridized carbons (Fsp3) is 0.316. The van der Waals surface area contributed by atoms with Crippen LogP contribution in [0.4, 0.5) is 17.1 Å². The van der Waals surface area contributed by atoms with Crippen molar-refractivity contribution in [2.45, 2.75) is 25.8 Å². The van der Waals surface area contributed by atoms with E-state index in [2.05, 4.69) is 16.3 Å². The lowest BCUT2D eigenvalue weighted by molar-refractivity contribution is -0.384. The number of rotatable bonds is 5. The van der Waals surface area contributed by atoms with Gasteiger partial charge < -0.3 is 15.0 Å². The van der Waals surface area contributed by atoms with Crippen LogP contribution >= 0.6 is 0 Å². The summed E-state index contributed by atoms with van der Waals surface area (Å²) in [7, 11) is 1.42. The maximum absolute atomic E-state index is 12.8. The molecule has 7 nitrogen and oxygen atoms in total. The summed E-state index contributed by atoms with van der Waals surface area (Å²) in [5.74, 6) is 0.0765. The van der Waals surface area contributed by atoms with Crippen molar-refractivity contribution in [2.24, 2.45) is 0 Å². The summed E-state index contributed by atoms with van der Waals surface area (Å²) >= 11 is 0. The minimum absolute atomic E-state index is 0.0853. The van der Waals surface area contributed by atoms with Crippen molar-refractivity contribution >= 4 is 23.0 Å². The van der Waals surface area contributed by atoms with Gasteiger partial charge >= 0.3 is 0 Å². The normalized spacial score (nSPS) is 14.3. The van der Waals surface area contributed by atoms with Crippen LogP contribution in [0.5, 0.6) is 5.75 Å². The number of anilines is 2. The number of amides is 1. The Morgan fingerprint density at radius 2 is 2.08 bits per heavy atom. The van der Waals surface area contributed by atoms with Crippen molar-refractivity contribution < 1.29 is 14.5 Å². The molecule has 0 saturated carbocycles. The van der Waals surface area contributed by atoms with Gasteiger partial charge in [-0.15, -0.1) is 0 Å². The number of carbonyl (C=O) groups is 1. The average Bonchev–Trinajstić information content (AvgIpc) is 2.67. The predicted molar refractivity (Wildman–Crippen MR) is 99.8 cm³/mol. The summed E-state index contributed by atoms with van der Waals surface area (Å²) in [6, 6.07) is 11.9. The molecule has 3 rings (SSSR count). The number of hydrogen-bond donors (Lipinski definition) is 1. The van der Waals surface area contributed by atoms with Crippen molar-refractivity contribution in [1.82, 2.24) is 0 Å². The Bertz CT molecular complexity index is 837. The standard InChI is InChI=1S/C19H21N3O4/c1-13(21-11-5-7-14-6-3-4-8-17(14)21)19(23)20-16-10-9-15(22(24)25)12-18(16)26-2/h3-4,6,8-10,12-13H,5,7,11H2,1-2H3,(H,20,23)/t13-/m1/s1. The number of ether oxygens (including phenoxy) is 1. The van der Waals surface area contributed by atoms with E-state index >= 15 is 0 Å². The molecule has 1 aliphatic rings. The number of fused-ring (bicyclic) bond motifs is 1. The minimum Gasteiger partial charge on any atom is -0.494 e. The Hall–Kier alpha value is -3.09. The Kier molecular flexibility index (Phi) is 5.06. The molecule has 0 bridgehead atoms. The molecule has 2 aromatic carbocycles. The van der Waals surface area contributed by atoms with Crippen LogP contribution in [0, 0.1) is 10.1 Å².